The molecule has 1 aromatic carbocycles. The van der Waals surface area contributed by atoms with Gasteiger partial charge in [0.1, 0.15) is 12.7 Å². The summed E-state index contributed by atoms with van der Waals surface area (Å²) >= 11 is 0. The zero-order valence-electron chi connectivity index (χ0n) is 14.3. The van der Waals surface area contributed by atoms with Crippen LogP contribution in [0.25, 0.3) is 0 Å². The quantitative estimate of drug-likeness (QED) is 0.731. The van der Waals surface area contributed by atoms with Crippen LogP contribution >= 0.6 is 0 Å². The van der Waals surface area contributed by atoms with Crippen molar-refractivity contribution in [3.8, 4) is 11.5 Å². The molecule has 2 rings (SSSR count). The highest BCUT2D eigenvalue weighted by Crippen LogP contribution is 2.39. The van der Waals surface area contributed by atoms with Crippen molar-refractivity contribution in [1.82, 2.24) is 9.55 Å². The maximum absolute atomic E-state index is 11.5. The largest absolute Gasteiger partial charge is 0.492 e. The summed E-state index contributed by atoms with van der Waals surface area (Å²) in [6.45, 7) is 3.75. The van der Waals surface area contributed by atoms with Crippen LogP contribution in [-0.4, -0.2) is 40.3 Å². The van der Waals surface area contributed by atoms with E-state index >= 15 is 0 Å². The van der Waals surface area contributed by atoms with Gasteiger partial charge in [-0.3, -0.25) is 4.79 Å². The summed E-state index contributed by atoms with van der Waals surface area (Å²) in [5, 5.41) is 9.41. The summed E-state index contributed by atoms with van der Waals surface area (Å²) in [5.74, 6) is -1.05. The average Bonchev–Trinajstić information content (AvgIpc) is 3.06. The van der Waals surface area contributed by atoms with Gasteiger partial charge in [0.05, 0.1) is 31.1 Å². The number of rotatable bonds is 8. The van der Waals surface area contributed by atoms with Crippen LogP contribution in [0.1, 0.15) is 35.9 Å². The van der Waals surface area contributed by atoms with Crippen molar-refractivity contribution in [2.24, 2.45) is 0 Å². The van der Waals surface area contributed by atoms with E-state index in [4.69, 9.17) is 14.2 Å². The minimum atomic E-state index is -1.14. The highest BCUT2D eigenvalue weighted by atomic mass is 16.5. The fraction of sp³-hybridized carbons (Fsp3) is 0.353. The number of aromatic carboxylic acids is 1. The van der Waals surface area contributed by atoms with Crippen LogP contribution in [0.2, 0.25) is 0 Å². The monoisotopic (exact) mass is 348 g/mol. The zero-order chi connectivity index (χ0) is 18.4. The fourth-order valence-corrected chi connectivity index (χ4v) is 2.48. The Balaban J connectivity index is 2.30. The number of benzene rings is 1. The van der Waals surface area contributed by atoms with Crippen LogP contribution in [0.3, 0.4) is 0 Å². The van der Waals surface area contributed by atoms with Crippen LogP contribution < -0.4 is 9.47 Å². The van der Waals surface area contributed by atoms with Gasteiger partial charge in [0.25, 0.3) is 0 Å². The van der Waals surface area contributed by atoms with E-state index in [1.54, 1.807) is 19.4 Å². The van der Waals surface area contributed by atoms with Gasteiger partial charge < -0.3 is 23.9 Å². The molecule has 25 heavy (non-hydrogen) atoms. The average molecular weight is 348 g/mol. The summed E-state index contributed by atoms with van der Waals surface area (Å²) in [7, 11) is 1.41. The number of hydrogen-bond acceptors (Lipinski definition) is 6. The lowest BCUT2D eigenvalue weighted by atomic mass is 10.0. The summed E-state index contributed by atoms with van der Waals surface area (Å²) in [5.41, 5.74) is 0.248. The molecule has 0 spiro atoms. The summed E-state index contributed by atoms with van der Waals surface area (Å²) < 4.78 is 18.1. The van der Waals surface area contributed by atoms with Gasteiger partial charge in [-0.05, 0) is 19.1 Å². The molecule has 134 valence electrons. The molecule has 0 amide bonds. The molecule has 0 radical (unpaired) electrons. The summed E-state index contributed by atoms with van der Waals surface area (Å²) in [4.78, 5) is 26.7. The Morgan fingerprint density at radius 3 is 2.68 bits per heavy atom. The van der Waals surface area contributed by atoms with Gasteiger partial charge >= 0.3 is 11.9 Å². The second-order valence-electron chi connectivity index (χ2n) is 5.26. The molecule has 1 unspecified atom stereocenters. The first-order chi connectivity index (χ1) is 11.9. The van der Waals surface area contributed by atoms with E-state index in [1.165, 1.54) is 26.2 Å². The van der Waals surface area contributed by atoms with E-state index in [1.807, 2.05) is 10.8 Å². The first-order valence-corrected chi connectivity index (χ1v) is 7.64. The SMILES string of the molecule is COc1c(OCCn2ccnc2)ccc(C(=O)O)c1C(C)OC(C)=O. The number of carbonyl (C=O) groups is 2. The van der Waals surface area contributed by atoms with Crippen molar-refractivity contribution in [2.75, 3.05) is 13.7 Å². The first-order valence-electron chi connectivity index (χ1n) is 7.64. The lowest BCUT2D eigenvalue weighted by Crippen LogP contribution is -2.14. The van der Waals surface area contributed by atoms with Crippen LogP contribution in [0, 0.1) is 0 Å². The van der Waals surface area contributed by atoms with Crippen molar-refractivity contribution in [3.63, 3.8) is 0 Å². The fourth-order valence-electron chi connectivity index (χ4n) is 2.48. The third kappa shape index (κ3) is 4.50. The molecule has 1 heterocycles. The number of carboxylic acids is 1. The number of imidazole rings is 1. The Kier molecular flexibility index (Phi) is 5.99. The Morgan fingerprint density at radius 1 is 1.36 bits per heavy atom. The maximum Gasteiger partial charge on any atom is 0.336 e. The highest BCUT2D eigenvalue weighted by molar-refractivity contribution is 5.91. The van der Waals surface area contributed by atoms with E-state index < -0.39 is 18.0 Å². The van der Waals surface area contributed by atoms with Crippen LogP contribution in [0.4, 0.5) is 0 Å². The number of carbonyl (C=O) groups excluding carboxylic acids is 1. The van der Waals surface area contributed by atoms with E-state index in [-0.39, 0.29) is 16.9 Å². The molecule has 0 aliphatic heterocycles. The number of aromatic nitrogens is 2. The Hall–Kier alpha value is -3.03. The van der Waals surface area contributed by atoms with Crippen LogP contribution in [0.15, 0.2) is 30.9 Å². The molecule has 0 aliphatic carbocycles. The second kappa shape index (κ2) is 8.18. The van der Waals surface area contributed by atoms with Gasteiger partial charge in [0.15, 0.2) is 11.5 Å². The van der Waals surface area contributed by atoms with E-state index in [0.29, 0.717) is 18.9 Å². The number of ether oxygens (including phenoxy) is 3. The predicted octanol–water partition coefficient (Wildman–Crippen LogP) is 2.29. The van der Waals surface area contributed by atoms with Crippen molar-refractivity contribution >= 4 is 11.9 Å². The lowest BCUT2D eigenvalue weighted by molar-refractivity contribution is -0.145. The Bertz CT molecular complexity index is 742. The third-order valence-electron chi connectivity index (χ3n) is 3.51. The van der Waals surface area contributed by atoms with Crippen molar-refractivity contribution in [2.45, 2.75) is 26.5 Å². The standard InChI is InChI=1S/C17H20N2O6/c1-11(25-12(2)20)15-13(17(21)22)4-5-14(16(15)23-3)24-9-8-19-7-6-18-10-19/h4-7,10-11H,8-9H2,1-3H3,(H,21,22). The Labute approximate surface area is 145 Å². The minimum absolute atomic E-state index is 0.00689. The number of hydrogen-bond donors (Lipinski definition) is 1. The van der Waals surface area contributed by atoms with Crippen molar-refractivity contribution in [3.05, 3.63) is 42.0 Å². The summed E-state index contributed by atoms with van der Waals surface area (Å²) in [6, 6.07) is 2.94. The molecule has 1 N–H and O–H groups in total. The molecule has 2 aromatic rings. The second-order valence-corrected chi connectivity index (χ2v) is 5.26. The molecule has 0 bridgehead atoms. The van der Waals surface area contributed by atoms with Crippen molar-refractivity contribution in [1.29, 1.82) is 0 Å². The molecule has 0 saturated carbocycles. The number of nitrogens with zero attached hydrogens (tertiary/aromatic N) is 2. The number of methoxy groups -OCH3 is 1. The smallest absolute Gasteiger partial charge is 0.336 e. The molecule has 0 fully saturated rings. The molecule has 0 saturated heterocycles. The molecule has 0 aliphatic rings. The predicted molar refractivity (Wildman–Crippen MR) is 87.9 cm³/mol. The van der Waals surface area contributed by atoms with E-state index in [2.05, 4.69) is 4.98 Å². The number of carboxylic acid groups (broad SMARTS) is 1. The topological polar surface area (TPSA) is 99.9 Å². The molecule has 8 nitrogen and oxygen atoms in total. The minimum Gasteiger partial charge on any atom is -0.492 e. The van der Waals surface area contributed by atoms with Gasteiger partial charge in [-0.15, -0.1) is 0 Å². The normalized spacial score (nSPS) is 11.6. The van der Waals surface area contributed by atoms with E-state index in [9.17, 15) is 14.7 Å². The van der Waals surface area contributed by atoms with Gasteiger partial charge in [-0.25, -0.2) is 9.78 Å². The molecule has 1 aromatic heterocycles. The van der Waals surface area contributed by atoms with Crippen molar-refractivity contribution < 1.29 is 28.9 Å². The van der Waals surface area contributed by atoms with E-state index in [0.717, 1.165) is 0 Å². The molecular weight excluding hydrogens is 328 g/mol. The number of esters is 1. The van der Waals surface area contributed by atoms with Crippen LogP contribution in [-0.2, 0) is 16.1 Å². The van der Waals surface area contributed by atoms with Gasteiger partial charge in [-0.2, -0.15) is 0 Å². The lowest BCUT2D eigenvalue weighted by Gasteiger charge is -2.20. The molecule has 8 heteroatoms. The third-order valence-corrected chi connectivity index (χ3v) is 3.51. The highest BCUT2D eigenvalue weighted by Gasteiger charge is 2.25. The van der Waals surface area contributed by atoms with Gasteiger partial charge in [0, 0.05) is 19.3 Å². The molecular formula is C17H20N2O6. The van der Waals surface area contributed by atoms with Crippen LogP contribution in [0.5, 0.6) is 11.5 Å². The van der Waals surface area contributed by atoms with Gasteiger partial charge in [0.2, 0.25) is 0 Å². The first kappa shape index (κ1) is 18.3. The Morgan fingerprint density at radius 2 is 2.12 bits per heavy atom. The maximum atomic E-state index is 11.5. The molecule has 1 atom stereocenters. The van der Waals surface area contributed by atoms with Gasteiger partial charge in [-0.1, -0.05) is 0 Å². The summed E-state index contributed by atoms with van der Waals surface area (Å²) in [6.07, 6.45) is 4.35. The zero-order valence-corrected chi connectivity index (χ0v) is 14.3.